The Balaban J connectivity index is 2.39. The van der Waals surface area contributed by atoms with Crippen LogP contribution in [-0.2, 0) is 4.79 Å². The first kappa shape index (κ1) is 14.6. The number of amides is 1. The minimum Gasteiger partial charge on any atom is -0.373 e. The summed E-state index contributed by atoms with van der Waals surface area (Å²) in [6.45, 7) is 7.59. The summed E-state index contributed by atoms with van der Waals surface area (Å²) in [5, 5.41) is 5.98. The van der Waals surface area contributed by atoms with Gasteiger partial charge in [0.25, 0.3) is 0 Å². The summed E-state index contributed by atoms with van der Waals surface area (Å²) in [6, 6.07) is 1.76. The fourth-order valence-corrected chi connectivity index (χ4v) is 2.38. The minimum atomic E-state index is -0.150. The van der Waals surface area contributed by atoms with Crippen molar-refractivity contribution in [3.8, 4) is 0 Å². The molecule has 20 heavy (non-hydrogen) atoms. The molecule has 6 heteroatoms. The fraction of sp³-hybridized carbons (Fsp3) is 0.643. The maximum absolute atomic E-state index is 12.0. The predicted molar refractivity (Wildman–Crippen MR) is 80.1 cm³/mol. The summed E-state index contributed by atoms with van der Waals surface area (Å²) < 4.78 is 0. The molecule has 2 N–H and O–H groups in total. The van der Waals surface area contributed by atoms with Crippen LogP contribution in [0.5, 0.6) is 0 Å². The van der Waals surface area contributed by atoms with Gasteiger partial charge in [0, 0.05) is 32.1 Å². The standard InChI is InChI=1S/C14H23N5O/c1-5-10-14(20)16-6-7-19(10)12-8-11(15-4)17-13(18-12)9(2)3/h8-10H,5-7H2,1-4H3,(H,16,20)(H,15,17,18). The molecule has 1 aromatic heterocycles. The van der Waals surface area contributed by atoms with Gasteiger partial charge in [0.05, 0.1) is 0 Å². The number of anilines is 2. The third-order valence-electron chi connectivity index (χ3n) is 3.51. The van der Waals surface area contributed by atoms with Crippen molar-refractivity contribution >= 4 is 17.5 Å². The average molecular weight is 277 g/mol. The molecule has 0 spiro atoms. The summed E-state index contributed by atoms with van der Waals surface area (Å²) in [5.41, 5.74) is 0. The van der Waals surface area contributed by atoms with E-state index >= 15 is 0 Å². The molecule has 0 saturated carbocycles. The van der Waals surface area contributed by atoms with Crippen LogP contribution < -0.4 is 15.5 Å². The Labute approximate surface area is 120 Å². The van der Waals surface area contributed by atoms with Crippen LogP contribution in [0.1, 0.15) is 38.9 Å². The van der Waals surface area contributed by atoms with Gasteiger partial charge in [-0.25, -0.2) is 9.97 Å². The predicted octanol–water partition coefficient (Wildman–Crippen LogP) is 1.36. The Hall–Kier alpha value is -1.85. The molecule has 1 aromatic rings. The summed E-state index contributed by atoms with van der Waals surface area (Å²) in [6.07, 6.45) is 0.766. The maximum Gasteiger partial charge on any atom is 0.242 e. The number of nitrogens with zero attached hydrogens (tertiary/aromatic N) is 3. The van der Waals surface area contributed by atoms with Gasteiger partial charge in [-0.3, -0.25) is 4.79 Å². The zero-order chi connectivity index (χ0) is 14.7. The molecule has 110 valence electrons. The molecular formula is C14H23N5O. The van der Waals surface area contributed by atoms with E-state index in [1.807, 2.05) is 20.0 Å². The number of aromatic nitrogens is 2. The highest BCUT2D eigenvalue weighted by Crippen LogP contribution is 2.23. The van der Waals surface area contributed by atoms with Gasteiger partial charge in [-0.05, 0) is 6.42 Å². The van der Waals surface area contributed by atoms with Gasteiger partial charge in [-0.2, -0.15) is 0 Å². The topological polar surface area (TPSA) is 70.2 Å². The molecule has 2 rings (SSSR count). The molecule has 1 unspecified atom stereocenters. The largest absolute Gasteiger partial charge is 0.373 e. The number of rotatable bonds is 4. The van der Waals surface area contributed by atoms with Crippen molar-refractivity contribution in [1.82, 2.24) is 15.3 Å². The van der Waals surface area contributed by atoms with E-state index in [-0.39, 0.29) is 17.9 Å². The number of hydrogen-bond acceptors (Lipinski definition) is 5. The second-order valence-corrected chi connectivity index (χ2v) is 5.28. The summed E-state index contributed by atoms with van der Waals surface area (Å²) in [5.74, 6) is 2.75. The van der Waals surface area contributed by atoms with Crippen LogP contribution in [0.15, 0.2) is 6.07 Å². The lowest BCUT2D eigenvalue weighted by molar-refractivity contribution is -0.123. The quantitative estimate of drug-likeness (QED) is 0.869. The SMILES string of the molecule is CCC1C(=O)NCCN1c1cc(NC)nc(C(C)C)n1. The molecule has 0 radical (unpaired) electrons. The molecule has 1 saturated heterocycles. The molecular weight excluding hydrogens is 254 g/mol. The molecule has 0 aromatic carbocycles. The van der Waals surface area contributed by atoms with Crippen molar-refractivity contribution in [1.29, 1.82) is 0 Å². The molecule has 1 atom stereocenters. The Morgan fingerprint density at radius 1 is 1.50 bits per heavy atom. The lowest BCUT2D eigenvalue weighted by Crippen LogP contribution is -2.55. The first-order valence-corrected chi connectivity index (χ1v) is 7.17. The van der Waals surface area contributed by atoms with E-state index in [0.717, 1.165) is 30.4 Å². The van der Waals surface area contributed by atoms with Crippen LogP contribution in [0.3, 0.4) is 0 Å². The van der Waals surface area contributed by atoms with Crippen LogP contribution in [-0.4, -0.2) is 42.1 Å². The van der Waals surface area contributed by atoms with Crippen LogP contribution in [0.25, 0.3) is 0 Å². The third kappa shape index (κ3) is 2.84. The van der Waals surface area contributed by atoms with Crippen LogP contribution in [0, 0.1) is 0 Å². The number of hydrogen-bond donors (Lipinski definition) is 2. The summed E-state index contributed by atoms with van der Waals surface area (Å²) in [4.78, 5) is 23.1. The van der Waals surface area contributed by atoms with Gasteiger partial charge >= 0.3 is 0 Å². The maximum atomic E-state index is 12.0. The monoisotopic (exact) mass is 277 g/mol. The van der Waals surface area contributed by atoms with Gasteiger partial charge in [-0.15, -0.1) is 0 Å². The van der Waals surface area contributed by atoms with E-state index < -0.39 is 0 Å². The van der Waals surface area contributed by atoms with Crippen LogP contribution >= 0.6 is 0 Å². The van der Waals surface area contributed by atoms with Crippen molar-refractivity contribution in [2.75, 3.05) is 30.4 Å². The number of nitrogens with one attached hydrogen (secondary N) is 2. The zero-order valence-electron chi connectivity index (χ0n) is 12.6. The van der Waals surface area contributed by atoms with Gasteiger partial charge in [0.2, 0.25) is 5.91 Å². The molecule has 6 nitrogen and oxygen atoms in total. The molecule has 1 amide bonds. The third-order valence-corrected chi connectivity index (χ3v) is 3.51. The highest BCUT2D eigenvalue weighted by atomic mass is 16.2. The van der Waals surface area contributed by atoms with E-state index in [9.17, 15) is 4.79 Å². The first-order chi connectivity index (χ1) is 9.56. The van der Waals surface area contributed by atoms with Crippen LogP contribution in [0.4, 0.5) is 11.6 Å². The highest BCUT2D eigenvalue weighted by molar-refractivity contribution is 5.86. The lowest BCUT2D eigenvalue weighted by atomic mass is 10.1. The molecule has 1 fully saturated rings. The van der Waals surface area contributed by atoms with Gasteiger partial charge in [-0.1, -0.05) is 20.8 Å². The summed E-state index contributed by atoms with van der Waals surface area (Å²) in [7, 11) is 1.84. The molecule has 1 aliphatic rings. The minimum absolute atomic E-state index is 0.0782. The highest BCUT2D eigenvalue weighted by Gasteiger charge is 2.29. The number of carbonyl (C=O) groups is 1. The average Bonchev–Trinajstić information content (AvgIpc) is 2.46. The Morgan fingerprint density at radius 3 is 2.85 bits per heavy atom. The molecule has 0 bridgehead atoms. The van der Waals surface area contributed by atoms with Gasteiger partial charge in [0.1, 0.15) is 23.5 Å². The van der Waals surface area contributed by atoms with Crippen molar-refractivity contribution in [2.24, 2.45) is 0 Å². The lowest BCUT2D eigenvalue weighted by Gasteiger charge is -2.35. The van der Waals surface area contributed by atoms with E-state index in [0.29, 0.717) is 6.54 Å². The van der Waals surface area contributed by atoms with Crippen molar-refractivity contribution in [3.05, 3.63) is 11.9 Å². The second kappa shape index (κ2) is 6.07. The Kier molecular flexibility index (Phi) is 4.42. The van der Waals surface area contributed by atoms with Crippen molar-refractivity contribution in [2.45, 2.75) is 39.2 Å². The fourth-order valence-electron chi connectivity index (χ4n) is 2.38. The summed E-state index contributed by atoms with van der Waals surface area (Å²) >= 11 is 0. The van der Waals surface area contributed by atoms with Gasteiger partial charge in [0.15, 0.2) is 0 Å². The smallest absolute Gasteiger partial charge is 0.242 e. The van der Waals surface area contributed by atoms with E-state index in [4.69, 9.17) is 0 Å². The molecule has 2 heterocycles. The van der Waals surface area contributed by atoms with Crippen molar-refractivity contribution in [3.63, 3.8) is 0 Å². The number of piperazine rings is 1. The van der Waals surface area contributed by atoms with E-state index in [1.54, 1.807) is 0 Å². The molecule has 1 aliphatic heterocycles. The van der Waals surface area contributed by atoms with Crippen molar-refractivity contribution < 1.29 is 4.79 Å². The van der Waals surface area contributed by atoms with Crippen LogP contribution in [0.2, 0.25) is 0 Å². The second-order valence-electron chi connectivity index (χ2n) is 5.28. The van der Waals surface area contributed by atoms with E-state index in [1.165, 1.54) is 0 Å². The first-order valence-electron chi connectivity index (χ1n) is 7.17. The van der Waals surface area contributed by atoms with E-state index in [2.05, 4.69) is 39.3 Å². The Bertz CT molecular complexity index is 488. The van der Waals surface area contributed by atoms with Gasteiger partial charge < -0.3 is 15.5 Å². The number of carbonyl (C=O) groups excluding carboxylic acids is 1. The molecule has 0 aliphatic carbocycles. The normalized spacial score (nSPS) is 19.1. The Morgan fingerprint density at radius 2 is 2.25 bits per heavy atom. The zero-order valence-corrected chi connectivity index (χ0v) is 12.6.